The summed E-state index contributed by atoms with van der Waals surface area (Å²) in [6.07, 6.45) is 0.174. The normalized spacial score (nSPS) is 10.5. The number of methoxy groups -OCH3 is 2. The molecule has 0 spiro atoms. The van der Waals surface area contributed by atoms with Crippen LogP contribution in [0.25, 0.3) is 0 Å². The number of hydrogen-bond donors (Lipinski definition) is 1. The Morgan fingerprint density at radius 3 is 2.58 bits per heavy atom. The van der Waals surface area contributed by atoms with Gasteiger partial charge < -0.3 is 15.2 Å². The van der Waals surface area contributed by atoms with E-state index in [-0.39, 0.29) is 23.9 Å². The molecule has 0 radical (unpaired) electrons. The molecule has 1 aromatic heterocycles. The first-order chi connectivity index (χ1) is 11.4. The predicted octanol–water partition coefficient (Wildman–Crippen LogP) is 2.47. The first kappa shape index (κ1) is 18.3. The number of benzene rings is 1. The number of carbonyl (C=O) groups is 2. The van der Waals surface area contributed by atoms with E-state index in [1.165, 1.54) is 30.2 Å². The minimum absolute atomic E-state index is 0.0368. The van der Waals surface area contributed by atoms with E-state index in [0.29, 0.717) is 17.1 Å². The van der Waals surface area contributed by atoms with Gasteiger partial charge in [0.15, 0.2) is 21.6 Å². The molecule has 6 nitrogen and oxygen atoms in total. The highest BCUT2D eigenvalue weighted by Gasteiger charge is 2.14. The molecule has 8 heteroatoms. The van der Waals surface area contributed by atoms with E-state index in [9.17, 15) is 9.59 Å². The van der Waals surface area contributed by atoms with Crippen LogP contribution in [0.5, 0.6) is 11.5 Å². The molecule has 0 aliphatic heterocycles. The first-order valence-corrected chi connectivity index (χ1v) is 8.87. The quantitative estimate of drug-likeness (QED) is 0.570. The van der Waals surface area contributed by atoms with E-state index in [4.69, 9.17) is 15.2 Å². The van der Waals surface area contributed by atoms with E-state index in [0.717, 1.165) is 14.9 Å². The van der Waals surface area contributed by atoms with Gasteiger partial charge >= 0.3 is 0 Å². The molecule has 0 aliphatic carbocycles. The topological polar surface area (TPSA) is 91.5 Å². The van der Waals surface area contributed by atoms with Crippen LogP contribution in [0.15, 0.2) is 22.5 Å². The summed E-state index contributed by atoms with van der Waals surface area (Å²) in [5.74, 6) is 0.916. The molecular formula is C16H18N2O4S2. The summed E-state index contributed by atoms with van der Waals surface area (Å²) in [6.45, 7) is 1.83. The van der Waals surface area contributed by atoms with Gasteiger partial charge in [-0.05, 0) is 25.1 Å². The van der Waals surface area contributed by atoms with Crippen molar-refractivity contribution in [3.63, 3.8) is 0 Å². The van der Waals surface area contributed by atoms with E-state index < -0.39 is 0 Å². The van der Waals surface area contributed by atoms with Crippen LogP contribution in [-0.4, -0.2) is 36.6 Å². The van der Waals surface area contributed by atoms with Gasteiger partial charge in [-0.15, -0.1) is 11.3 Å². The van der Waals surface area contributed by atoms with Crippen molar-refractivity contribution in [2.75, 3.05) is 20.0 Å². The average molecular weight is 366 g/mol. The number of thioether (sulfide) groups is 1. The van der Waals surface area contributed by atoms with Crippen molar-refractivity contribution < 1.29 is 19.1 Å². The molecule has 0 bridgehead atoms. The number of thiazole rings is 1. The number of ether oxygens (including phenoxy) is 2. The second-order valence-corrected chi connectivity index (χ2v) is 7.22. The maximum atomic E-state index is 12.3. The van der Waals surface area contributed by atoms with Gasteiger partial charge in [-0.1, -0.05) is 11.8 Å². The molecule has 0 saturated heterocycles. The lowest BCUT2D eigenvalue weighted by molar-refractivity contribution is -0.117. The van der Waals surface area contributed by atoms with Crippen molar-refractivity contribution >= 4 is 34.8 Å². The first-order valence-electron chi connectivity index (χ1n) is 7.07. The van der Waals surface area contributed by atoms with Crippen LogP contribution in [-0.2, 0) is 11.2 Å². The fourth-order valence-corrected chi connectivity index (χ4v) is 4.14. The monoisotopic (exact) mass is 366 g/mol. The molecule has 1 aromatic carbocycles. The van der Waals surface area contributed by atoms with Gasteiger partial charge in [-0.2, -0.15) is 0 Å². The molecule has 2 rings (SSSR count). The number of Topliss-reactive ketones (excluding diaryl/α,β-unsaturated/α-hetero) is 1. The summed E-state index contributed by atoms with van der Waals surface area (Å²) in [6, 6.07) is 5.07. The second-order valence-electron chi connectivity index (χ2n) is 4.91. The van der Waals surface area contributed by atoms with Crippen LogP contribution in [0.3, 0.4) is 0 Å². The maximum absolute atomic E-state index is 12.3. The zero-order chi connectivity index (χ0) is 17.7. The highest BCUT2D eigenvalue weighted by molar-refractivity contribution is 8.01. The Balaban J connectivity index is 2.04. The van der Waals surface area contributed by atoms with Gasteiger partial charge in [-0.25, -0.2) is 4.98 Å². The van der Waals surface area contributed by atoms with Gasteiger partial charge in [0.05, 0.1) is 32.1 Å². The minimum atomic E-state index is -0.389. The molecule has 0 aliphatic rings. The Morgan fingerprint density at radius 2 is 1.96 bits per heavy atom. The number of nitrogens with two attached hydrogens (primary N) is 1. The number of amides is 1. The van der Waals surface area contributed by atoms with Crippen LogP contribution in [0, 0.1) is 6.92 Å². The van der Waals surface area contributed by atoms with E-state index >= 15 is 0 Å². The lowest BCUT2D eigenvalue weighted by atomic mass is 10.1. The molecule has 1 heterocycles. The summed E-state index contributed by atoms with van der Waals surface area (Å²) in [5.41, 5.74) is 6.53. The van der Waals surface area contributed by atoms with Crippen LogP contribution in [0.4, 0.5) is 0 Å². The van der Waals surface area contributed by atoms with Gasteiger partial charge in [-0.3, -0.25) is 9.59 Å². The Morgan fingerprint density at radius 1 is 1.25 bits per heavy atom. The van der Waals surface area contributed by atoms with E-state index in [2.05, 4.69) is 4.98 Å². The van der Waals surface area contributed by atoms with E-state index in [1.807, 2.05) is 6.92 Å². The highest BCUT2D eigenvalue weighted by atomic mass is 32.2. The molecule has 0 atom stereocenters. The Bertz CT molecular complexity index is 759. The van der Waals surface area contributed by atoms with E-state index in [1.54, 1.807) is 25.3 Å². The summed E-state index contributed by atoms with van der Waals surface area (Å²) in [5, 5.41) is 0. The number of nitrogens with zero attached hydrogens (tertiary/aromatic N) is 1. The smallest absolute Gasteiger partial charge is 0.222 e. The van der Waals surface area contributed by atoms with Crippen LogP contribution in [0.2, 0.25) is 0 Å². The molecule has 2 N–H and O–H groups in total. The van der Waals surface area contributed by atoms with Crippen molar-refractivity contribution in [2.45, 2.75) is 17.7 Å². The van der Waals surface area contributed by atoms with Crippen molar-refractivity contribution in [3.8, 4) is 11.5 Å². The zero-order valence-corrected chi connectivity index (χ0v) is 15.3. The maximum Gasteiger partial charge on any atom is 0.222 e. The van der Waals surface area contributed by atoms with Crippen molar-refractivity contribution in [1.29, 1.82) is 0 Å². The molecule has 0 saturated carbocycles. The largest absolute Gasteiger partial charge is 0.493 e. The van der Waals surface area contributed by atoms with Crippen molar-refractivity contribution in [2.24, 2.45) is 5.73 Å². The Hall–Kier alpha value is -2.06. The zero-order valence-electron chi connectivity index (χ0n) is 13.6. The summed E-state index contributed by atoms with van der Waals surface area (Å²) in [4.78, 5) is 28.6. The fraction of sp³-hybridized carbons (Fsp3) is 0.312. The third-order valence-electron chi connectivity index (χ3n) is 3.24. The van der Waals surface area contributed by atoms with Gasteiger partial charge in [0.2, 0.25) is 5.91 Å². The third kappa shape index (κ3) is 4.48. The molecule has 128 valence electrons. The van der Waals surface area contributed by atoms with Gasteiger partial charge in [0.1, 0.15) is 0 Å². The Kier molecular flexibility index (Phi) is 6.22. The number of aryl methyl sites for hydroxylation is 1. The number of aromatic nitrogens is 1. The number of ketones is 1. The number of carbonyl (C=O) groups excluding carboxylic acids is 2. The molecule has 2 aromatic rings. The molecule has 0 fully saturated rings. The summed E-state index contributed by atoms with van der Waals surface area (Å²) < 4.78 is 11.1. The number of rotatable bonds is 8. The van der Waals surface area contributed by atoms with Crippen molar-refractivity contribution in [3.05, 3.63) is 34.3 Å². The summed E-state index contributed by atoms with van der Waals surface area (Å²) in [7, 11) is 3.07. The number of hydrogen-bond acceptors (Lipinski definition) is 7. The lowest BCUT2D eigenvalue weighted by Gasteiger charge is -2.08. The second kappa shape index (κ2) is 8.16. The lowest BCUT2D eigenvalue weighted by Crippen LogP contribution is -2.13. The molecule has 0 unspecified atom stereocenters. The highest BCUT2D eigenvalue weighted by Crippen LogP contribution is 2.30. The Labute approximate surface area is 148 Å². The van der Waals surface area contributed by atoms with Crippen LogP contribution in [0.1, 0.15) is 20.9 Å². The van der Waals surface area contributed by atoms with Crippen LogP contribution >= 0.6 is 23.1 Å². The third-order valence-corrected chi connectivity index (χ3v) is 5.54. The summed E-state index contributed by atoms with van der Waals surface area (Å²) >= 11 is 2.74. The minimum Gasteiger partial charge on any atom is -0.493 e. The van der Waals surface area contributed by atoms with Gasteiger partial charge in [0, 0.05) is 10.4 Å². The predicted molar refractivity (Wildman–Crippen MR) is 94.3 cm³/mol. The van der Waals surface area contributed by atoms with Crippen LogP contribution < -0.4 is 15.2 Å². The number of primary amides is 1. The SMILES string of the molecule is COc1ccc(C(=O)CSc2nc(C)c(CC(N)=O)s2)cc1OC. The molecule has 1 amide bonds. The standard InChI is InChI=1S/C16H18N2O4S2/c1-9-14(7-15(17)20)24-16(18-9)23-8-11(19)10-4-5-12(21-2)13(6-10)22-3/h4-6H,7-8H2,1-3H3,(H2,17,20). The molecular weight excluding hydrogens is 348 g/mol. The fourth-order valence-electron chi connectivity index (χ4n) is 2.01. The van der Waals surface area contributed by atoms with Crippen molar-refractivity contribution in [1.82, 2.24) is 4.98 Å². The van der Waals surface area contributed by atoms with Gasteiger partial charge in [0.25, 0.3) is 0 Å². The average Bonchev–Trinajstić information content (AvgIpc) is 2.91. The molecule has 24 heavy (non-hydrogen) atoms.